The number of aliphatic hydroxyl groups is 1. The molecule has 3 unspecified atom stereocenters. The molecule has 8 nitrogen and oxygen atoms in total. The molecule has 0 fully saturated rings. The zero-order valence-corrected chi connectivity index (χ0v) is 32.4. The van der Waals surface area contributed by atoms with Gasteiger partial charge in [0.05, 0.1) is 39.9 Å². The third-order valence-electron chi connectivity index (χ3n) is 8.82. The van der Waals surface area contributed by atoms with Crippen LogP contribution in [0.1, 0.15) is 174 Å². The zero-order chi connectivity index (χ0) is 35.1. The number of phosphoric acid groups is 1. The van der Waals surface area contributed by atoms with E-state index in [4.69, 9.17) is 9.05 Å². The van der Waals surface area contributed by atoms with Crippen molar-refractivity contribution >= 4 is 13.7 Å². The number of hydrogen-bond acceptors (Lipinski definition) is 5. The van der Waals surface area contributed by atoms with Gasteiger partial charge in [-0.3, -0.25) is 13.8 Å². The molecule has 0 heterocycles. The minimum Gasteiger partial charge on any atom is -0.387 e. The van der Waals surface area contributed by atoms with Crippen LogP contribution in [0.4, 0.5) is 0 Å². The fourth-order valence-corrected chi connectivity index (χ4v) is 6.33. The average molecular weight is 690 g/mol. The molecule has 47 heavy (non-hydrogen) atoms. The van der Waals surface area contributed by atoms with Gasteiger partial charge in [-0.05, 0) is 12.8 Å². The summed E-state index contributed by atoms with van der Waals surface area (Å²) in [6.07, 6.45) is 35.2. The summed E-state index contributed by atoms with van der Waals surface area (Å²) in [6.45, 7) is 4.27. The third kappa shape index (κ3) is 33.5. The quantitative estimate of drug-likeness (QED) is 0.0265. The Balaban J connectivity index is 3.78. The zero-order valence-electron chi connectivity index (χ0n) is 31.5. The number of quaternary nitrogens is 1. The highest BCUT2D eigenvalue weighted by Crippen LogP contribution is 2.43. The topological polar surface area (TPSA) is 105 Å². The molecule has 0 aliphatic heterocycles. The van der Waals surface area contributed by atoms with E-state index in [0.29, 0.717) is 11.0 Å². The molecule has 0 spiro atoms. The number of carbonyl (C=O) groups is 1. The van der Waals surface area contributed by atoms with Crippen molar-refractivity contribution in [3.05, 3.63) is 12.2 Å². The lowest BCUT2D eigenvalue weighted by molar-refractivity contribution is -0.870. The molecule has 3 atom stereocenters. The van der Waals surface area contributed by atoms with Crippen molar-refractivity contribution in [2.45, 2.75) is 187 Å². The summed E-state index contributed by atoms with van der Waals surface area (Å²) in [7, 11) is 1.57. The second-order valence-corrected chi connectivity index (χ2v) is 16.1. The summed E-state index contributed by atoms with van der Waals surface area (Å²) in [5.74, 6) is -0.264. The maximum atomic E-state index is 12.3. The van der Waals surface area contributed by atoms with E-state index < -0.39 is 20.0 Å². The molecule has 0 aromatic carbocycles. The van der Waals surface area contributed by atoms with E-state index in [1.807, 2.05) is 27.2 Å². The molecule has 0 saturated heterocycles. The van der Waals surface area contributed by atoms with Gasteiger partial charge in [-0.2, -0.15) is 0 Å². The lowest BCUT2D eigenvalue weighted by Gasteiger charge is -2.25. The lowest BCUT2D eigenvalue weighted by atomic mass is 10.0. The average Bonchev–Trinajstić information content (AvgIpc) is 3.02. The second kappa shape index (κ2) is 31.2. The maximum absolute atomic E-state index is 12.3. The van der Waals surface area contributed by atoms with Gasteiger partial charge in [0.2, 0.25) is 5.91 Å². The number of phosphoric ester groups is 1. The first kappa shape index (κ1) is 46.2. The number of allylic oxidation sites excluding steroid dienone is 1. The Morgan fingerprint density at radius 3 is 1.49 bits per heavy atom. The smallest absolute Gasteiger partial charge is 0.387 e. The monoisotopic (exact) mass is 690 g/mol. The van der Waals surface area contributed by atoms with E-state index in [1.54, 1.807) is 13.0 Å². The van der Waals surface area contributed by atoms with Crippen molar-refractivity contribution in [2.24, 2.45) is 0 Å². The van der Waals surface area contributed by atoms with Crippen LogP contribution in [-0.2, 0) is 18.4 Å². The van der Waals surface area contributed by atoms with E-state index in [-0.39, 0.29) is 25.5 Å². The van der Waals surface area contributed by atoms with Gasteiger partial charge < -0.3 is 19.8 Å². The Bertz CT molecular complexity index is 789. The SMILES string of the molecule is CCCCCCCCCCCCCCCCCCCCCCCCC/C=C/C(O)C(COP(=O)(O)OCC[N+](C)(C)C)NC(=O)CC. The van der Waals surface area contributed by atoms with E-state index in [1.165, 1.54) is 135 Å². The normalized spacial score (nSPS) is 14.8. The largest absolute Gasteiger partial charge is 0.472 e. The summed E-state index contributed by atoms with van der Waals surface area (Å²) in [6, 6.07) is -0.837. The molecule has 0 aromatic rings. The minimum atomic E-state index is -4.29. The van der Waals surface area contributed by atoms with Crippen molar-refractivity contribution < 1.29 is 32.9 Å². The van der Waals surface area contributed by atoms with Crippen LogP contribution in [0, 0.1) is 0 Å². The number of hydrogen-bond donors (Lipinski definition) is 3. The molecule has 0 rings (SSSR count). The molecule has 3 N–H and O–H groups in total. The van der Waals surface area contributed by atoms with Gasteiger partial charge in [0.25, 0.3) is 0 Å². The van der Waals surface area contributed by atoms with Gasteiger partial charge in [0.15, 0.2) is 0 Å². The molecular weight excluding hydrogens is 611 g/mol. The highest BCUT2D eigenvalue weighted by atomic mass is 31.2. The Morgan fingerprint density at radius 2 is 1.11 bits per heavy atom. The molecule has 0 bridgehead atoms. The predicted molar refractivity (Wildman–Crippen MR) is 198 cm³/mol. The molecule has 0 saturated carbocycles. The van der Waals surface area contributed by atoms with Crippen LogP contribution in [0.15, 0.2) is 12.2 Å². The van der Waals surface area contributed by atoms with Gasteiger partial charge >= 0.3 is 7.82 Å². The number of nitrogens with zero attached hydrogens (tertiary/aromatic N) is 1. The van der Waals surface area contributed by atoms with Crippen molar-refractivity contribution in [1.29, 1.82) is 0 Å². The minimum absolute atomic E-state index is 0.0608. The van der Waals surface area contributed by atoms with E-state index >= 15 is 0 Å². The van der Waals surface area contributed by atoms with E-state index in [0.717, 1.165) is 19.3 Å². The number of nitrogens with one attached hydrogen (secondary N) is 1. The van der Waals surface area contributed by atoms with Gasteiger partial charge in [-0.1, -0.05) is 167 Å². The Kier molecular flexibility index (Phi) is 30.7. The number of likely N-dealkylation sites (N-methyl/N-ethyl adjacent to an activating group) is 1. The van der Waals surface area contributed by atoms with E-state index in [9.17, 15) is 19.4 Å². The first-order chi connectivity index (χ1) is 22.5. The standard InChI is InChI=1S/C38H77N2O6P/c1-6-8-9-10-11-12-13-14-15-16-17-18-19-20-21-22-23-24-25-26-27-28-29-30-31-32-37(41)36(39-38(42)7-2)35-46-47(43,44)45-34-33-40(3,4)5/h31-32,36-37,41H,6-30,33-35H2,1-5H3,(H-,39,42,43,44)/p+1/b32-31+. The summed E-state index contributed by atoms with van der Waals surface area (Å²) in [4.78, 5) is 22.0. The fraction of sp³-hybridized carbons (Fsp3) is 0.921. The van der Waals surface area contributed by atoms with Gasteiger partial charge in [-0.25, -0.2) is 4.57 Å². The Labute approximate surface area is 291 Å². The molecule has 9 heteroatoms. The fourth-order valence-electron chi connectivity index (χ4n) is 5.59. The Hall–Kier alpha value is -0.760. The second-order valence-electron chi connectivity index (χ2n) is 14.6. The number of rotatable bonds is 35. The van der Waals surface area contributed by atoms with E-state index in [2.05, 4.69) is 12.2 Å². The third-order valence-corrected chi connectivity index (χ3v) is 9.81. The number of amides is 1. The van der Waals surface area contributed by atoms with Crippen LogP contribution in [0.25, 0.3) is 0 Å². The first-order valence-corrected chi connectivity index (χ1v) is 21.1. The van der Waals surface area contributed by atoms with Crippen molar-refractivity contribution in [3.63, 3.8) is 0 Å². The van der Waals surface area contributed by atoms with Crippen LogP contribution in [0.3, 0.4) is 0 Å². The van der Waals surface area contributed by atoms with Crippen LogP contribution in [0.5, 0.6) is 0 Å². The van der Waals surface area contributed by atoms with Crippen molar-refractivity contribution in [1.82, 2.24) is 5.32 Å². The highest BCUT2D eigenvalue weighted by Gasteiger charge is 2.27. The first-order valence-electron chi connectivity index (χ1n) is 19.6. The summed E-state index contributed by atoms with van der Waals surface area (Å²) in [5, 5.41) is 13.3. The molecule has 0 aliphatic rings. The summed E-state index contributed by atoms with van der Waals surface area (Å²) >= 11 is 0. The molecule has 0 aromatic heterocycles. The van der Waals surface area contributed by atoms with Crippen molar-refractivity contribution in [2.75, 3.05) is 40.9 Å². The van der Waals surface area contributed by atoms with Crippen molar-refractivity contribution in [3.8, 4) is 0 Å². The van der Waals surface area contributed by atoms with Crippen LogP contribution >= 0.6 is 7.82 Å². The number of carbonyl (C=O) groups excluding carboxylic acids is 1. The molecule has 0 aliphatic carbocycles. The van der Waals surface area contributed by atoms with Gasteiger partial charge in [0, 0.05) is 6.42 Å². The number of aliphatic hydroxyl groups excluding tert-OH is 1. The van der Waals surface area contributed by atoms with Crippen LogP contribution < -0.4 is 5.32 Å². The highest BCUT2D eigenvalue weighted by molar-refractivity contribution is 7.47. The van der Waals surface area contributed by atoms with Gasteiger partial charge in [0.1, 0.15) is 13.2 Å². The summed E-state index contributed by atoms with van der Waals surface area (Å²) in [5.41, 5.74) is 0. The predicted octanol–water partition coefficient (Wildman–Crippen LogP) is 10.0. The molecular formula is C38H78N2O6P+. The molecule has 1 amide bonds. The van der Waals surface area contributed by atoms with Crippen LogP contribution in [-0.4, -0.2) is 73.4 Å². The lowest BCUT2D eigenvalue weighted by Crippen LogP contribution is -2.45. The molecule has 0 radical (unpaired) electrons. The summed E-state index contributed by atoms with van der Waals surface area (Å²) < 4.78 is 23.0. The maximum Gasteiger partial charge on any atom is 0.472 e. The Morgan fingerprint density at radius 1 is 0.702 bits per heavy atom. The van der Waals surface area contributed by atoms with Crippen LogP contribution in [0.2, 0.25) is 0 Å². The molecule has 280 valence electrons. The number of unbranched alkanes of at least 4 members (excludes halogenated alkanes) is 23. The van der Waals surface area contributed by atoms with Gasteiger partial charge in [-0.15, -0.1) is 0 Å².